The molecule has 5 nitrogen and oxygen atoms in total. The smallest absolute Gasteiger partial charge is 0.338 e. The maximum Gasteiger partial charge on any atom is 0.338 e. The van der Waals surface area contributed by atoms with Crippen molar-refractivity contribution >= 4 is 11.9 Å². The first-order chi connectivity index (χ1) is 7.04. The highest BCUT2D eigenvalue weighted by Gasteiger charge is 2.15. The average Bonchev–Trinajstić information content (AvgIpc) is 2.66. The van der Waals surface area contributed by atoms with Crippen LogP contribution < -0.4 is 5.32 Å². The summed E-state index contributed by atoms with van der Waals surface area (Å²) in [6.07, 6.45) is 1.85. The van der Waals surface area contributed by atoms with Gasteiger partial charge in [0.1, 0.15) is 6.26 Å². The molecule has 0 saturated carbocycles. The van der Waals surface area contributed by atoms with Gasteiger partial charge in [0.15, 0.2) is 5.76 Å². The van der Waals surface area contributed by atoms with Crippen LogP contribution in [0.3, 0.4) is 0 Å². The van der Waals surface area contributed by atoms with E-state index in [9.17, 15) is 9.59 Å². The molecule has 1 aromatic heterocycles. The number of hydrogen-bond acceptors (Lipinski definition) is 3. The molecule has 82 valence electrons. The van der Waals surface area contributed by atoms with Crippen LogP contribution >= 0.6 is 0 Å². The first-order valence-electron chi connectivity index (χ1n) is 4.67. The van der Waals surface area contributed by atoms with Gasteiger partial charge < -0.3 is 14.8 Å². The Morgan fingerprint density at radius 3 is 2.73 bits per heavy atom. The molecule has 0 aliphatic carbocycles. The van der Waals surface area contributed by atoms with Crippen molar-refractivity contribution in [2.45, 2.75) is 26.3 Å². The SMILES string of the molecule is CCC(C)NC(=O)c1cc(C(=O)O)co1. The molecular formula is C10H13NO4. The van der Waals surface area contributed by atoms with Crippen LogP contribution in [0.5, 0.6) is 0 Å². The summed E-state index contributed by atoms with van der Waals surface area (Å²) in [5.41, 5.74) is -0.0238. The first kappa shape index (κ1) is 11.3. The van der Waals surface area contributed by atoms with Crippen LogP contribution in [0.4, 0.5) is 0 Å². The highest BCUT2D eigenvalue weighted by atomic mass is 16.4. The topological polar surface area (TPSA) is 79.5 Å². The lowest BCUT2D eigenvalue weighted by Gasteiger charge is -2.08. The second-order valence-corrected chi connectivity index (χ2v) is 3.29. The fourth-order valence-corrected chi connectivity index (χ4v) is 0.964. The van der Waals surface area contributed by atoms with Crippen molar-refractivity contribution < 1.29 is 19.1 Å². The summed E-state index contributed by atoms with van der Waals surface area (Å²) in [5.74, 6) is -1.48. The molecule has 0 aromatic carbocycles. The van der Waals surface area contributed by atoms with E-state index in [1.807, 2.05) is 13.8 Å². The number of hydrogen-bond donors (Lipinski definition) is 2. The van der Waals surface area contributed by atoms with Gasteiger partial charge in [0.2, 0.25) is 0 Å². The quantitative estimate of drug-likeness (QED) is 0.791. The van der Waals surface area contributed by atoms with Crippen molar-refractivity contribution in [3.05, 3.63) is 23.7 Å². The number of carboxylic acid groups (broad SMARTS) is 1. The van der Waals surface area contributed by atoms with Gasteiger partial charge in [-0.05, 0) is 13.3 Å². The Kier molecular flexibility index (Phi) is 3.49. The van der Waals surface area contributed by atoms with E-state index in [1.54, 1.807) is 0 Å². The molecule has 0 spiro atoms. The highest BCUT2D eigenvalue weighted by molar-refractivity contribution is 5.95. The predicted molar refractivity (Wildman–Crippen MR) is 52.9 cm³/mol. The van der Waals surface area contributed by atoms with Crippen molar-refractivity contribution in [2.75, 3.05) is 0 Å². The van der Waals surface area contributed by atoms with E-state index >= 15 is 0 Å². The molecule has 0 bridgehead atoms. The fourth-order valence-electron chi connectivity index (χ4n) is 0.964. The van der Waals surface area contributed by atoms with E-state index in [0.717, 1.165) is 12.7 Å². The number of carboxylic acids is 1. The molecule has 1 atom stereocenters. The number of furan rings is 1. The van der Waals surface area contributed by atoms with Crippen LogP contribution in [0.15, 0.2) is 16.7 Å². The third-order valence-corrected chi connectivity index (χ3v) is 2.06. The monoisotopic (exact) mass is 211 g/mol. The van der Waals surface area contributed by atoms with Crippen molar-refractivity contribution in [2.24, 2.45) is 0 Å². The zero-order valence-electron chi connectivity index (χ0n) is 8.61. The zero-order valence-corrected chi connectivity index (χ0v) is 8.61. The molecule has 1 heterocycles. The van der Waals surface area contributed by atoms with Crippen LogP contribution in [0, 0.1) is 0 Å². The standard InChI is InChI=1S/C10H13NO4/c1-3-6(2)11-9(12)8-4-7(5-15-8)10(13)14/h4-6H,3H2,1-2H3,(H,11,12)(H,13,14). The predicted octanol–water partition coefficient (Wildman–Crippen LogP) is 1.51. The van der Waals surface area contributed by atoms with E-state index in [1.165, 1.54) is 6.07 Å². The van der Waals surface area contributed by atoms with Crippen molar-refractivity contribution in [1.82, 2.24) is 5.32 Å². The maximum atomic E-state index is 11.5. The molecule has 1 unspecified atom stereocenters. The Balaban J connectivity index is 2.70. The Hall–Kier alpha value is -1.78. The number of carbonyl (C=O) groups excluding carboxylic acids is 1. The van der Waals surface area contributed by atoms with Gasteiger partial charge >= 0.3 is 5.97 Å². The summed E-state index contributed by atoms with van der Waals surface area (Å²) in [6, 6.07) is 1.25. The van der Waals surface area contributed by atoms with Gasteiger partial charge in [0.05, 0.1) is 5.56 Å². The Labute approximate surface area is 87.1 Å². The fraction of sp³-hybridized carbons (Fsp3) is 0.400. The maximum absolute atomic E-state index is 11.5. The summed E-state index contributed by atoms with van der Waals surface area (Å²) in [4.78, 5) is 22.0. The van der Waals surface area contributed by atoms with Gasteiger partial charge in [0.25, 0.3) is 5.91 Å². The summed E-state index contributed by atoms with van der Waals surface area (Å²) >= 11 is 0. The second-order valence-electron chi connectivity index (χ2n) is 3.29. The van der Waals surface area contributed by atoms with E-state index in [2.05, 4.69) is 5.32 Å². The molecular weight excluding hydrogens is 198 g/mol. The van der Waals surface area contributed by atoms with Gasteiger partial charge in [0, 0.05) is 12.1 Å². The minimum absolute atomic E-state index is 0.0210. The molecule has 5 heteroatoms. The number of nitrogens with one attached hydrogen (secondary N) is 1. The van der Waals surface area contributed by atoms with E-state index < -0.39 is 11.9 Å². The summed E-state index contributed by atoms with van der Waals surface area (Å²) in [6.45, 7) is 3.80. The third-order valence-electron chi connectivity index (χ3n) is 2.06. The molecule has 0 radical (unpaired) electrons. The number of rotatable bonds is 4. The summed E-state index contributed by atoms with van der Waals surface area (Å²) < 4.78 is 4.84. The van der Waals surface area contributed by atoms with Gasteiger partial charge in [-0.3, -0.25) is 4.79 Å². The van der Waals surface area contributed by atoms with Crippen molar-refractivity contribution in [3.63, 3.8) is 0 Å². The van der Waals surface area contributed by atoms with E-state index in [-0.39, 0.29) is 17.4 Å². The minimum Gasteiger partial charge on any atom is -0.478 e. The van der Waals surface area contributed by atoms with Gasteiger partial charge in [-0.1, -0.05) is 6.92 Å². The third kappa shape index (κ3) is 2.83. The number of amides is 1. The van der Waals surface area contributed by atoms with Gasteiger partial charge in [-0.15, -0.1) is 0 Å². The molecule has 1 amide bonds. The van der Waals surface area contributed by atoms with Crippen LogP contribution in [-0.4, -0.2) is 23.0 Å². The molecule has 0 aliphatic heterocycles. The first-order valence-corrected chi connectivity index (χ1v) is 4.67. The molecule has 0 aliphatic rings. The molecule has 0 saturated heterocycles. The molecule has 0 fully saturated rings. The molecule has 1 aromatic rings. The summed E-state index contributed by atoms with van der Waals surface area (Å²) in [5, 5.41) is 11.3. The molecule has 2 N–H and O–H groups in total. The minimum atomic E-state index is -1.11. The van der Waals surface area contributed by atoms with Crippen LogP contribution in [0.25, 0.3) is 0 Å². The lowest BCUT2D eigenvalue weighted by atomic mass is 10.2. The Bertz CT molecular complexity index is 369. The molecule has 1 rings (SSSR count). The number of aromatic carboxylic acids is 1. The van der Waals surface area contributed by atoms with Gasteiger partial charge in [-0.2, -0.15) is 0 Å². The van der Waals surface area contributed by atoms with Crippen LogP contribution in [0.2, 0.25) is 0 Å². The lowest BCUT2D eigenvalue weighted by molar-refractivity contribution is 0.0695. The van der Waals surface area contributed by atoms with E-state index in [4.69, 9.17) is 9.52 Å². The van der Waals surface area contributed by atoms with E-state index in [0.29, 0.717) is 0 Å². The van der Waals surface area contributed by atoms with Crippen LogP contribution in [0.1, 0.15) is 41.2 Å². The van der Waals surface area contributed by atoms with Crippen molar-refractivity contribution in [3.8, 4) is 0 Å². The van der Waals surface area contributed by atoms with Gasteiger partial charge in [-0.25, -0.2) is 4.79 Å². The zero-order chi connectivity index (χ0) is 11.4. The second kappa shape index (κ2) is 4.63. The highest BCUT2D eigenvalue weighted by Crippen LogP contribution is 2.08. The van der Waals surface area contributed by atoms with Crippen molar-refractivity contribution in [1.29, 1.82) is 0 Å². The molecule has 15 heavy (non-hydrogen) atoms. The lowest BCUT2D eigenvalue weighted by Crippen LogP contribution is -2.31. The average molecular weight is 211 g/mol. The Morgan fingerprint density at radius 2 is 2.27 bits per heavy atom. The Morgan fingerprint density at radius 1 is 1.60 bits per heavy atom. The largest absolute Gasteiger partial charge is 0.478 e. The number of carbonyl (C=O) groups is 2. The van der Waals surface area contributed by atoms with Crippen LogP contribution in [-0.2, 0) is 0 Å². The normalized spacial score (nSPS) is 12.1. The summed E-state index contributed by atoms with van der Waals surface area (Å²) in [7, 11) is 0.